The first-order valence-corrected chi connectivity index (χ1v) is 5.32. The Hall–Kier alpha value is -0.780. The number of hydrogen-bond donors (Lipinski definition) is 1. The standard InChI is InChI=1S/C10H16F3NO2/c1-16-8(15)6-14-9(10(11,12)13)7-4-2-3-5-7/h7,9,14H,2-6H2,1H3/t9-/m0/s1. The van der Waals surface area contributed by atoms with Gasteiger partial charge in [-0.2, -0.15) is 13.2 Å². The smallest absolute Gasteiger partial charge is 0.404 e. The van der Waals surface area contributed by atoms with Crippen molar-refractivity contribution in [2.24, 2.45) is 5.92 Å². The normalized spacial score (nSPS) is 19.8. The van der Waals surface area contributed by atoms with Crippen LogP contribution in [-0.4, -0.2) is 31.8 Å². The van der Waals surface area contributed by atoms with Crippen molar-refractivity contribution in [3.63, 3.8) is 0 Å². The fourth-order valence-corrected chi connectivity index (χ4v) is 2.11. The zero-order valence-corrected chi connectivity index (χ0v) is 9.14. The Morgan fingerprint density at radius 1 is 1.44 bits per heavy atom. The molecule has 0 spiro atoms. The quantitative estimate of drug-likeness (QED) is 0.761. The first-order valence-electron chi connectivity index (χ1n) is 5.32. The van der Waals surface area contributed by atoms with E-state index in [-0.39, 0.29) is 0 Å². The molecular weight excluding hydrogens is 223 g/mol. The molecule has 1 atom stereocenters. The average Bonchev–Trinajstić information content (AvgIpc) is 2.68. The maximum absolute atomic E-state index is 12.7. The van der Waals surface area contributed by atoms with Gasteiger partial charge in [-0.25, -0.2) is 0 Å². The van der Waals surface area contributed by atoms with Gasteiger partial charge in [0.15, 0.2) is 0 Å². The molecule has 0 radical (unpaired) electrons. The van der Waals surface area contributed by atoms with E-state index in [0.717, 1.165) is 20.0 Å². The third-order valence-electron chi connectivity index (χ3n) is 2.92. The van der Waals surface area contributed by atoms with E-state index in [1.54, 1.807) is 0 Å². The molecule has 0 unspecified atom stereocenters. The minimum Gasteiger partial charge on any atom is -0.468 e. The minimum absolute atomic E-state index is 0.392. The Bertz CT molecular complexity index is 237. The summed E-state index contributed by atoms with van der Waals surface area (Å²) < 4.78 is 42.4. The molecule has 0 bridgehead atoms. The van der Waals surface area contributed by atoms with Crippen LogP contribution in [0.1, 0.15) is 25.7 Å². The monoisotopic (exact) mass is 239 g/mol. The molecular formula is C10H16F3NO2. The zero-order valence-electron chi connectivity index (χ0n) is 9.14. The van der Waals surface area contributed by atoms with Crippen molar-refractivity contribution in [3.8, 4) is 0 Å². The molecule has 1 aliphatic rings. The van der Waals surface area contributed by atoms with Crippen LogP contribution in [0.4, 0.5) is 13.2 Å². The molecule has 0 amide bonds. The second-order valence-corrected chi connectivity index (χ2v) is 4.02. The Balaban J connectivity index is 2.54. The summed E-state index contributed by atoms with van der Waals surface area (Å²) in [5, 5.41) is 2.25. The molecule has 1 fully saturated rings. The highest BCUT2D eigenvalue weighted by Gasteiger charge is 2.45. The number of halogens is 3. The molecule has 1 N–H and O–H groups in total. The van der Waals surface area contributed by atoms with E-state index in [2.05, 4.69) is 10.1 Å². The van der Waals surface area contributed by atoms with Gasteiger partial charge in [-0.3, -0.25) is 10.1 Å². The molecule has 1 aliphatic carbocycles. The van der Waals surface area contributed by atoms with Crippen molar-refractivity contribution in [1.29, 1.82) is 0 Å². The Labute approximate surface area is 92.3 Å². The predicted molar refractivity (Wildman–Crippen MR) is 51.8 cm³/mol. The van der Waals surface area contributed by atoms with Crippen LogP contribution in [0, 0.1) is 5.92 Å². The van der Waals surface area contributed by atoms with Crippen LogP contribution >= 0.6 is 0 Å². The first kappa shape index (κ1) is 13.3. The van der Waals surface area contributed by atoms with Crippen LogP contribution in [-0.2, 0) is 9.53 Å². The lowest BCUT2D eigenvalue weighted by Crippen LogP contribution is -2.48. The second-order valence-electron chi connectivity index (χ2n) is 4.02. The van der Waals surface area contributed by atoms with E-state index in [4.69, 9.17) is 0 Å². The largest absolute Gasteiger partial charge is 0.468 e. The summed E-state index contributed by atoms with van der Waals surface area (Å²) in [5.41, 5.74) is 0. The number of esters is 1. The maximum Gasteiger partial charge on any atom is 0.404 e. The summed E-state index contributed by atoms with van der Waals surface area (Å²) in [7, 11) is 1.15. The van der Waals surface area contributed by atoms with E-state index in [0.29, 0.717) is 12.8 Å². The SMILES string of the molecule is COC(=O)CN[C@@H](C1CCCC1)C(F)(F)F. The van der Waals surface area contributed by atoms with E-state index < -0.39 is 30.7 Å². The third-order valence-corrected chi connectivity index (χ3v) is 2.92. The van der Waals surface area contributed by atoms with E-state index in [9.17, 15) is 18.0 Å². The van der Waals surface area contributed by atoms with Crippen LogP contribution in [0.2, 0.25) is 0 Å². The number of ether oxygens (including phenoxy) is 1. The summed E-state index contributed by atoms with van der Waals surface area (Å²) in [4.78, 5) is 10.8. The summed E-state index contributed by atoms with van der Waals surface area (Å²) in [6.07, 6.45) is -1.51. The molecule has 16 heavy (non-hydrogen) atoms. The number of rotatable bonds is 4. The van der Waals surface area contributed by atoms with Crippen molar-refractivity contribution < 1.29 is 22.7 Å². The molecule has 0 aromatic carbocycles. The molecule has 1 rings (SSSR count). The number of hydrogen-bond acceptors (Lipinski definition) is 3. The van der Waals surface area contributed by atoms with Crippen LogP contribution in [0.3, 0.4) is 0 Å². The van der Waals surface area contributed by atoms with Gasteiger partial charge in [0.05, 0.1) is 13.7 Å². The average molecular weight is 239 g/mol. The molecule has 3 nitrogen and oxygen atoms in total. The minimum atomic E-state index is -4.30. The van der Waals surface area contributed by atoms with Crippen LogP contribution in [0.5, 0.6) is 0 Å². The predicted octanol–water partition coefficient (Wildman–Crippen LogP) is 1.87. The molecule has 1 saturated carbocycles. The molecule has 0 aromatic rings. The van der Waals surface area contributed by atoms with Crippen molar-refractivity contribution >= 4 is 5.97 Å². The lowest BCUT2D eigenvalue weighted by molar-refractivity contribution is -0.169. The third kappa shape index (κ3) is 3.66. The fraction of sp³-hybridized carbons (Fsp3) is 0.900. The van der Waals surface area contributed by atoms with E-state index in [1.165, 1.54) is 0 Å². The van der Waals surface area contributed by atoms with Crippen LogP contribution < -0.4 is 5.32 Å². The Kier molecular flexibility index (Phi) is 4.58. The Morgan fingerprint density at radius 2 is 2.00 bits per heavy atom. The van der Waals surface area contributed by atoms with Crippen LogP contribution in [0.25, 0.3) is 0 Å². The topological polar surface area (TPSA) is 38.3 Å². The highest BCUT2D eigenvalue weighted by atomic mass is 19.4. The van der Waals surface area contributed by atoms with E-state index >= 15 is 0 Å². The number of carbonyl (C=O) groups is 1. The van der Waals surface area contributed by atoms with Gasteiger partial charge in [-0.15, -0.1) is 0 Å². The van der Waals surface area contributed by atoms with Gasteiger partial charge >= 0.3 is 12.1 Å². The lowest BCUT2D eigenvalue weighted by atomic mass is 9.97. The van der Waals surface area contributed by atoms with Crippen LogP contribution in [0.15, 0.2) is 0 Å². The summed E-state index contributed by atoms with van der Waals surface area (Å²) in [5.74, 6) is -1.09. The lowest BCUT2D eigenvalue weighted by Gasteiger charge is -2.26. The second kappa shape index (κ2) is 5.52. The van der Waals surface area contributed by atoms with Gasteiger partial charge in [0, 0.05) is 0 Å². The fourth-order valence-electron chi connectivity index (χ4n) is 2.11. The summed E-state index contributed by atoms with van der Waals surface area (Å²) >= 11 is 0. The van der Waals surface area contributed by atoms with Crippen molar-refractivity contribution in [2.75, 3.05) is 13.7 Å². The molecule has 94 valence electrons. The first-order chi connectivity index (χ1) is 7.45. The Morgan fingerprint density at radius 3 is 2.44 bits per heavy atom. The van der Waals surface area contributed by atoms with Gasteiger partial charge < -0.3 is 4.74 Å². The molecule has 6 heteroatoms. The number of nitrogens with one attached hydrogen (secondary N) is 1. The van der Waals surface area contributed by atoms with E-state index in [1.807, 2.05) is 0 Å². The van der Waals surface area contributed by atoms with Crippen molar-refractivity contribution in [2.45, 2.75) is 37.9 Å². The zero-order chi connectivity index (χ0) is 12.2. The van der Waals surface area contributed by atoms with Gasteiger partial charge in [-0.05, 0) is 18.8 Å². The molecule has 0 aliphatic heterocycles. The van der Waals surface area contributed by atoms with Gasteiger partial charge in [-0.1, -0.05) is 12.8 Å². The number of carbonyl (C=O) groups excluding carboxylic acids is 1. The summed E-state index contributed by atoms with van der Waals surface area (Å²) in [6, 6.07) is -1.59. The highest BCUT2D eigenvalue weighted by Crippen LogP contribution is 2.35. The van der Waals surface area contributed by atoms with Gasteiger partial charge in [0.25, 0.3) is 0 Å². The van der Waals surface area contributed by atoms with Gasteiger partial charge in [0.2, 0.25) is 0 Å². The van der Waals surface area contributed by atoms with Crippen molar-refractivity contribution in [1.82, 2.24) is 5.32 Å². The van der Waals surface area contributed by atoms with Crippen molar-refractivity contribution in [3.05, 3.63) is 0 Å². The number of alkyl halides is 3. The number of methoxy groups -OCH3 is 1. The molecule has 0 heterocycles. The molecule has 0 aromatic heterocycles. The van der Waals surface area contributed by atoms with Gasteiger partial charge in [0.1, 0.15) is 6.04 Å². The highest BCUT2D eigenvalue weighted by molar-refractivity contribution is 5.71. The maximum atomic E-state index is 12.7. The summed E-state index contributed by atoms with van der Waals surface area (Å²) in [6.45, 7) is -0.392. The molecule has 0 saturated heterocycles.